The molecule has 17 rings (SSSR count). The minimum absolute atomic E-state index is 0.00973. The van der Waals surface area contributed by atoms with Gasteiger partial charge in [-0.15, -0.1) is 0 Å². The van der Waals surface area contributed by atoms with Gasteiger partial charge in [0.1, 0.15) is 22.3 Å². The lowest BCUT2D eigenvalue weighted by atomic mass is 9.94. The number of furan rings is 2. The second-order valence-corrected chi connectivity index (χ2v) is 20.2. The number of hydrogen-bond acceptors (Lipinski definition) is 5. The van der Waals surface area contributed by atoms with Gasteiger partial charge in [0.15, 0.2) is 17.5 Å². The van der Waals surface area contributed by atoms with Crippen molar-refractivity contribution in [2.24, 2.45) is 0 Å². The summed E-state index contributed by atoms with van der Waals surface area (Å²) in [5.74, 6) is 0.405. The van der Waals surface area contributed by atoms with Crippen LogP contribution in [-0.2, 0) is 0 Å². The predicted octanol–water partition coefficient (Wildman–Crippen LogP) is 20.4. The lowest BCUT2D eigenvalue weighted by Gasteiger charge is -2.24. The smallest absolute Gasteiger partial charge is 0.212 e. The molecule has 5 aromatic heterocycles. The summed E-state index contributed by atoms with van der Waals surface area (Å²) in [6.07, 6.45) is 0. The number of fused-ring (bicyclic) bond motifs is 14. The third-order valence-corrected chi connectivity index (χ3v) is 15.6. The van der Waals surface area contributed by atoms with Crippen molar-refractivity contribution >= 4 is 93.2 Å². The van der Waals surface area contributed by atoms with E-state index in [0.29, 0.717) is 87.8 Å². The molecule has 0 aliphatic rings. The van der Waals surface area contributed by atoms with Crippen molar-refractivity contribution in [3.8, 4) is 78.9 Å². The topological polar surface area (TPSA) is 79.2 Å². The maximum atomic E-state index is 10.2. The Kier molecular flexibility index (Phi) is 7.68. The Labute approximate surface area is 501 Å². The zero-order chi connectivity index (χ0) is 68.5. The highest BCUT2D eigenvalue weighted by Crippen LogP contribution is 2.52. The molecule has 0 atom stereocenters. The molecule has 0 fully saturated rings. The molecule has 0 spiro atoms. The van der Waals surface area contributed by atoms with Crippen LogP contribution in [0.25, 0.3) is 171 Å². The first-order chi connectivity index (χ1) is 47.8. The number of rotatable bonds is 8. The first-order valence-electron chi connectivity index (χ1n) is 34.3. The number of aromatic nitrogens is 5. The van der Waals surface area contributed by atoms with E-state index in [-0.39, 0.29) is 73.5 Å². The third kappa shape index (κ3) is 7.23. The van der Waals surface area contributed by atoms with Gasteiger partial charge in [0, 0.05) is 54.6 Å². The van der Waals surface area contributed by atoms with Crippen LogP contribution in [0, 0.1) is 6.57 Å². The van der Waals surface area contributed by atoms with Crippen LogP contribution >= 0.6 is 0 Å². The highest BCUT2D eigenvalue weighted by atomic mass is 16.3. The molecule has 5 heterocycles. The summed E-state index contributed by atoms with van der Waals surface area (Å²) in [6.45, 7) is 9.55. The molecule has 0 amide bonds. The highest BCUT2D eigenvalue weighted by molar-refractivity contribution is 6.27. The van der Waals surface area contributed by atoms with E-state index < -0.39 is 90.6 Å². The SMILES string of the molecule is [2H]c1c([2H])c([2H])c(-c2ccc3c(c2)c2c4oc5ccccc5c4ccc2n3-c2c([N+]#[C-])cc(-c3nc(-c4ccccc4)nc(-c4ccccc4)n3)c(-n3c4ccc(-c5c([2H])c([2H])c([2H])c([2H])c5[2H])cc4c4c5oc6ccccc6c5ccc43)c2-c2c([2H])c([2H])c([2H])c([2H])c2[2H])c([2H])c1[2H]. The largest absolute Gasteiger partial charge is 0.455 e. The van der Waals surface area contributed by atoms with Gasteiger partial charge in [-0.25, -0.2) is 19.8 Å². The van der Waals surface area contributed by atoms with Crippen LogP contribution in [0.2, 0.25) is 0 Å². The van der Waals surface area contributed by atoms with E-state index in [0.717, 1.165) is 10.8 Å². The molecule has 0 aliphatic heterocycles. The molecule has 8 heteroatoms. The summed E-state index contributed by atoms with van der Waals surface area (Å²) in [5.41, 5.74) is 4.32. The summed E-state index contributed by atoms with van der Waals surface area (Å²) in [4.78, 5) is 20.0. The van der Waals surface area contributed by atoms with Crippen molar-refractivity contribution in [2.45, 2.75) is 0 Å². The summed E-state index contributed by atoms with van der Waals surface area (Å²) < 4.78 is 155. The van der Waals surface area contributed by atoms with E-state index in [2.05, 4.69) is 4.85 Å². The normalized spacial score (nSPS) is 14.3. The average Bonchev–Trinajstić information content (AvgIpc) is 1.65. The Morgan fingerprint density at radius 2 is 0.786 bits per heavy atom. The van der Waals surface area contributed by atoms with E-state index in [1.54, 1.807) is 47.0 Å². The maximum absolute atomic E-state index is 10.2. The van der Waals surface area contributed by atoms with Gasteiger partial charge in [0.05, 0.1) is 71.3 Å². The minimum atomic E-state index is -0.709. The van der Waals surface area contributed by atoms with Crippen molar-refractivity contribution in [1.29, 1.82) is 0 Å². The minimum Gasteiger partial charge on any atom is -0.455 e. The van der Waals surface area contributed by atoms with Crippen LogP contribution in [0.5, 0.6) is 0 Å². The molecule has 0 N–H and O–H groups in total. The van der Waals surface area contributed by atoms with E-state index >= 15 is 0 Å². The van der Waals surface area contributed by atoms with Gasteiger partial charge < -0.3 is 18.0 Å². The number of benzene rings is 12. The van der Waals surface area contributed by atoms with Crippen LogP contribution in [-0.4, -0.2) is 24.1 Å². The van der Waals surface area contributed by atoms with Crippen molar-refractivity contribution < 1.29 is 29.4 Å². The highest BCUT2D eigenvalue weighted by Gasteiger charge is 2.31. The molecule has 390 valence electrons. The lowest BCUT2D eigenvalue weighted by Crippen LogP contribution is -2.08. The van der Waals surface area contributed by atoms with Gasteiger partial charge in [-0.2, -0.15) is 0 Å². The monoisotopic (exact) mass is 1090 g/mol. The molecular formula is C76H44N6O2. The number of hydrogen-bond donors (Lipinski definition) is 0. The molecule has 17 aromatic rings. The van der Waals surface area contributed by atoms with Gasteiger partial charge in [0.25, 0.3) is 0 Å². The van der Waals surface area contributed by atoms with Crippen molar-refractivity contribution in [3.63, 3.8) is 0 Å². The fourth-order valence-electron chi connectivity index (χ4n) is 12.1. The fraction of sp³-hybridized carbons (Fsp3) is 0. The standard InChI is InChI=1S/C76H44N6O2/c1-77-60-45-59(76-79-74(49-27-13-5-14-28-49)78-75(80-76)50-29-15-6-16-30-50)70(81-61-39-35-51(46-21-7-2-8-22-46)43-57(61)68-63(81)41-37-55-53-31-17-19-33-65(53)83-72(55)68)67(48-25-11-4-12-26-48)71(60)82-62-40-36-52(47-23-9-3-10-24-47)44-58(62)69-64(82)42-38-56-54-32-18-20-34-66(54)84-73(56)69/h2-45H/i2D,3D,4D,7D,8D,9D,10D,11D,12D,21D,22D,23D,24D,25D,26D. The quantitative estimate of drug-likeness (QED) is 0.142. The maximum Gasteiger partial charge on any atom is 0.212 e. The fourth-order valence-corrected chi connectivity index (χ4v) is 12.1. The molecule has 0 saturated carbocycles. The van der Waals surface area contributed by atoms with Gasteiger partial charge in [-0.1, -0.05) is 200 Å². The predicted molar refractivity (Wildman–Crippen MR) is 342 cm³/mol. The Hall–Kier alpha value is -11.7. The van der Waals surface area contributed by atoms with E-state index in [1.807, 2.05) is 138 Å². The van der Waals surface area contributed by atoms with Gasteiger partial charge in [-0.05, 0) is 94.5 Å². The Bertz CT molecular complexity index is 6370. The first kappa shape index (κ1) is 34.5. The average molecular weight is 1090 g/mol. The Morgan fingerprint density at radius 3 is 1.27 bits per heavy atom. The molecule has 0 bridgehead atoms. The molecule has 0 aliphatic carbocycles. The third-order valence-electron chi connectivity index (χ3n) is 15.6. The second-order valence-electron chi connectivity index (χ2n) is 20.2. The van der Waals surface area contributed by atoms with Crippen LogP contribution in [0.1, 0.15) is 20.6 Å². The van der Waals surface area contributed by atoms with E-state index in [4.69, 9.17) is 33.4 Å². The van der Waals surface area contributed by atoms with Crippen LogP contribution in [0.4, 0.5) is 5.69 Å². The molecule has 84 heavy (non-hydrogen) atoms. The van der Waals surface area contributed by atoms with E-state index in [1.165, 1.54) is 0 Å². The van der Waals surface area contributed by atoms with Gasteiger partial charge in [0.2, 0.25) is 5.69 Å². The zero-order valence-corrected chi connectivity index (χ0v) is 43.7. The molecule has 8 nitrogen and oxygen atoms in total. The first-order valence-corrected chi connectivity index (χ1v) is 26.8. The molecular weight excluding hydrogens is 1030 g/mol. The number of nitrogens with zero attached hydrogens (tertiary/aromatic N) is 6. The lowest BCUT2D eigenvalue weighted by molar-refractivity contribution is 0.672. The van der Waals surface area contributed by atoms with Crippen LogP contribution in [0.15, 0.2) is 275 Å². The Balaban J connectivity index is 1.13. The second kappa shape index (κ2) is 18.7. The van der Waals surface area contributed by atoms with Crippen molar-refractivity contribution in [3.05, 3.63) is 278 Å². The van der Waals surface area contributed by atoms with Crippen molar-refractivity contribution in [2.75, 3.05) is 0 Å². The molecule has 0 saturated heterocycles. The molecule has 0 radical (unpaired) electrons. The number of para-hydroxylation sites is 2. The summed E-state index contributed by atoms with van der Waals surface area (Å²) in [7, 11) is 0. The Morgan fingerprint density at radius 1 is 0.357 bits per heavy atom. The zero-order valence-electron chi connectivity index (χ0n) is 58.7. The summed E-state index contributed by atoms with van der Waals surface area (Å²) in [5, 5.41) is 4.61. The summed E-state index contributed by atoms with van der Waals surface area (Å²) in [6, 6.07) is 43.8. The van der Waals surface area contributed by atoms with Gasteiger partial charge >= 0.3 is 0 Å². The van der Waals surface area contributed by atoms with Crippen molar-refractivity contribution in [1.82, 2.24) is 24.1 Å². The van der Waals surface area contributed by atoms with Crippen LogP contribution in [0.3, 0.4) is 0 Å². The van der Waals surface area contributed by atoms with Crippen LogP contribution < -0.4 is 0 Å². The van der Waals surface area contributed by atoms with E-state index in [9.17, 15) is 17.5 Å². The molecule has 0 unspecified atom stereocenters. The molecule has 12 aromatic carbocycles. The van der Waals surface area contributed by atoms with Gasteiger partial charge in [-0.3, -0.25) is 0 Å². The summed E-state index contributed by atoms with van der Waals surface area (Å²) >= 11 is 0.